The SMILES string of the molecule is CNC(=O)C(NC(=O)c1nc(-c2ccccc2)n2c1CN(C(C)=O)CC2)C(C)(C)C. The molecular formula is C22H29N5O3. The lowest BCUT2D eigenvalue weighted by Gasteiger charge is -2.30. The highest BCUT2D eigenvalue weighted by atomic mass is 16.2. The number of carbonyl (C=O) groups is 3. The molecule has 1 aliphatic rings. The molecule has 0 bridgehead atoms. The number of fused-ring (bicyclic) bond motifs is 1. The average Bonchev–Trinajstić information content (AvgIpc) is 3.10. The summed E-state index contributed by atoms with van der Waals surface area (Å²) in [5.41, 5.74) is 1.34. The van der Waals surface area contributed by atoms with Crippen LogP contribution in [0, 0.1) is 5.41 Å². The van der Waals surface area contributed by atoms with Crippen LogP contribution in [-0.4, -0.2) is 51.8 Å². The Labute approximate surface area is 176 Å². The van der Waals surface area contributed by atoms with E-state index in [1.807, 2.05) is 55.7 Å². The van der Waals surface area contributed by atoms with Crippen molar-refractivity contribution in [3.8, 4) is 11.4 Å². The summed E-state index contributed by atoms with van der Waals surface area (Å²) in [5.74, 6) is -0.0494. The number of nitrogens with zero attached hydrogens (tertiary/aromatic N) is 3. The Bertz CT molecular complexity index is 959. The second-order valence-electron chi connectivity index (χ2n) is 8.58. The summed E-state index contributed by atoms with van der Waals surface area (Å²) in [6.07, 6.45) is 0. The molecule has 1 aromatic carbocycles. The number of imidazole rings is 1. The summed E-state index contributed by atoms with van der Waals surface area (Å²) in [5, 5.41) is 5.46. The van der Waals surface area contributed by atoms with Crippen molar-refractivity contribution in [2.24, 2.45) is 5.41 Å². The number of nitrogens with one attached hydrogen (secondary N) is 2. The van der Waals surface area contributed by atoms with E-state index in [4.69, 9.17) is 0 Å². The van der Waals surface area contributed by atoms with E-state index < -0.39 is 17.4 Å². The van der Waals surface area contributed by atoms with E-state index in [0.29, 0.717) is 31.2 Å². The van der Waals surface area contributed by atoms with Gasteiger partial charge in [0.2, 0.25) is 11.8 Å². The van der Waals surface area contributed by atoms with Crippen molar-refractivity contribution in [1.82, 2.24) is 25.1 Å². The van der Waals surface area contributed by atoms with Crippen molar-refractivity contribution in [2.45, 2.75) is 46.8 Å². The van der Waals surface area contributed by atoms with Crippen molar-refractivity contribution < 1.29 is 14.4 Å². The van der Waals surface area contributed by atoms with Gasteiger partial charge in [-0.3, -0.25) is 14.4 Å². The molecule has 0 saturated heterocycles. The van der Waals surface area contributed by atoms with Gasteiger partial charge in [0.25, 0.3) is 5.91 Å². The smallest absolute Gasteiger partial charge is 0.272 e. The zero-order valence-electron chi connectivity index (χ0n) is 18.2. The molecule has 8 nitrogen and oxygen atoms in total. The number of benzene rings is 1. The quantitative estimate of drug-likeness (QED) is 0.802. The summed E-state index contributed by atoms with van der Waals surface area (Å²) in [4.78, 5) is 43.9. The van der Waals surface area contributed by atoms with E-state index in [-0.39, 0.29) is 17.5 Å². The minimum Gasteiger partial charge on any atom is -0.357 e. The van der Waals surface area contributed by atoms with Crippen molar-refractivity contribution in [1.29, 1.82) is 0 Å². The second kappa shape index (κ2) is 8.30. The summed E-state index contributed by atoms with van der Waals surface area (Å²) in [6, 6.07) is 8.92. The molecule has 0 fully saturated rings. The maximum Gasteiger partial charge on any atom is 0.272 e. The number of carbonyl (C=O) groups excluding carboxylic acids is 3. The fourth-order valence-corrected chi connectivity index (χ4v) is 3.65. The highest BCUT2D eigenvalue weighted by molar-refractivity contribution is 5.98. The summed E-state index contributed by atoms with van der Waals surface area (Å²) < 4.78 is 2.00. The Morgan fingerprint density at radius 1 is 1.10 bits per heavy atom. The zero-order chi connectivity index (χ0) is 22.1. The van der Waals surface area contributed by atoms with Crippen LogP contribution in [0.3, 0.4) is 0 Å². The Balaban J connectivity index is 2.03. The van der Waals surface area contributed by atoms with Gasteiger partial charge in [-0.25, -0.2) is 4.98 Å². The van der Waals surface area contributed by atoms with Crippen LogP contribution in [0.4, 0.5) is 0 Å². The Morgan fingerprint density at radius 3 is 2.33 bits per heavy atom. The number of rotatable bonds is 4. The monoisotopic (exact) mass is 411 g/mol. The first kappa shape index (κ1) is 21.5. The van der Waals surface area contributed by atoms with E-state index in [1.54, 1.807) is 11.9 Å². The Hall–Kier alpha value is -3.16. The molecule has 160 valence electrons. The molecule has 3 amide bonds. The normalized spacial score (nSPS) is 14.6. The molecule has 2 N–H and O–H groups in total. The summed E-state index contributed by atoms with van der Waals surface area (Å²) in [7, 11) is 1.55. The van der Waals surface area contributed by atoms with E-state index in [2.05, 4.69) is 15.6 Å². The second-order valence-corrected chi connectivity index (χ2v) is 8.58. The van der Waals surface area contributed by atoms with Crippen LogP contribution in [0.25, 0.3) is 11.4 Å². The zero-order valence-corrected chi connectivity index (χ0v) is 18.2. The van der Waals surface area contributed by atoms with Crippen LogP contribution >= 0.6 is 0 Å². The molecule has 1 aliphatic heterocycles. The molecule has 0 aliphatic carbocycles. The first-order chi connectivity index (χ1) is 14.1. The van der Waals surface area contributed by atoms with Gasteiger partial charge in [-0.15, -0.1) is 0 Å². The molecule has 3 rings (SSSR count). The van der Waals surface area contributed by atoms with Gasteiger partial charge in [-0.1, -0.05) is 51.1 Å². The van der Waals surface area contributed by atoms with Crippen LogP contribution in [0.1, 0.15) is 43.9 Å². The van der Waals surface area contributed by atoms with E-state index in [0.717, 1.165) is 5.56 Å². The maximum absolute atomic E-state index is 13.2. The highest BCUT2D eigenvalue weighted by Gasteiger charge is 2.35. The van der Waals surface area contributed by atoms with Gasteiger partial charge < -0.3 is 20.1 Å². The van der Waals surface area contributed by atoms with Gasteiger partial charge in [0.15, 0.2) is 5.69 Å². The summed E-state index contributed by atoms with van der Waals surface area (Å²) >= 11 is 0. The number of amides is 3. The predicted octanol–water partition coefficient (Wildman–Crippen LogP) is 1.80. The molecule has 0 radical (unpaired) electrons. The molecule has 2 aromatic rings. The van der Waals surface area contributed by atoms with E-state index in [9.17, 15) is 14.4 Å². The third kappa shape index (κ3) is 4.22. The minimum atomic E-state index is -0.722. The Kier molecular flexibility index (Phi) is 5.96. The van der Waals surface area contributed by atoms with E-state index >= 15 is 0 Å². The maximum atomic E-state index is 13.2. The van der Waals surface area contributed by atoms with Gasteiger partial charge in [0.05, 0.1) is 12.2 Å². The largest absolute Gasteiger partial charge is 0.357 e. The standard InChI is InChI=1S/C22H29N5O3/c1-14(28)26-11-12-27-16(13-26)17(24-19(27)15-9-7-6-8-10-15)20(29)25-18(21(30)23-5)22(2,3)4/h6-10,18H,11-13H2,1-5H3,(H,23,30)(H,25,29). The molecule has 0 spiro atoms. The van der Waals surface area contributed by atoms with Crippen molar-refractivity contribution in [3.05, 3.63) is 41.7 Å². The van der Waals surface area contributed by atoms with Crippen LogP contribution in [0.15, 0.2) is 30.3 Å². The van der Waals surface area contributed by atoms with Gasteiger partial charge in [-0.2, -0.15) is 0 Å². The molecule has 1 unspecified atom stereocenters. The average molecular weight is 412 g/mol. The number of aromatic nitrogens is 2. The minimum absolute atomic E-state index is 0.0481. The molecule has 1 aromatic heterocycles. The molecule has 1 atom stereocenters. The molecule has 0 saturated carbocycles. The number of hydrogen-bond acceptors (Lipinski definition) is 4. The number of hydrogen-bond donors (Lipinski definition) is 2. The van der Waals surface area contributed by atoms with Gasteiger partial charge in [0.1, 0.15) is 11.9 Å². The molecule has 2 heterocycles. The van der Waals surface area contributed by atoms with Gasteiger partial charge >= 0.3 is 0 Å². The van der Waals surface area contributed by atoms with Crippen molar-refractivity contribution in [3.63, 3.8) is 0 Å². The fraction of sp³-hybridized carbons (Fsp3) is 0.455. The van der Waals surface area contributed by atoms with Crippen LogP contribution in [0.5, 0.6) is 0 Å². The van der Waals surface area contributed by atoms with Crippen LogP contribution < -0.4 is 10.6 Å². The van der Waals surface area contributed by atoms with Crippen LogP contribution in [-0.2, 0) is 22.7 Å². The van der Waals surface area contributed by atoms with Gasteiger partial charge in [0, 0.05) is 32.6 Å². The highest BCUT2D eigenvalue weighted by Crippen LogP contribution is 2.27. The third-order valence-electron chi connectivity index (χ3n) is 5.35. The molecule has 30 heavy (non-hydrogen) atoms. The third-order valence-corrected chi connectivity index (χ3v) is 5.35. The Morgan fingerprint density at radius 2 is 1.77 bits per heavy atom. The molecule has 8 heteroatoms. The first-order valence-corrected chi connectivity index (χ1v) is 10.1. The lowest BCUT2D eigenvalue weighted by Crippen LogP contribution is -2.53. The van der Waals surface area contributed by atoms with E-state index in [1.165, 1.54) is 6.92 Å². The summed E-state index contributed by atoms with van der Waals surface area (Å²) in [6.45, 7) is 8.61. The lowest BCUT2D eigenvalue weighted by atomic mass is 9.86. The first-order valence-electron chi connectivity index (χ1n) is 10.1. The predicted molar refractivity (Wildman–Crippen MR) is 114 cm³/mol. The van der Waals surface area contributed by atoms with Crippen molar-refractivity contribution >= 4 is 17.7 Å². The lowest BCUT2D eigenvalue weighted by molar-refractivity contribution is -0.130. The topological polar surface area (TPSA) is 96.3 Å². The number of likely N-dealkylation sites (N-methyl/N-ethyl adjacent to an activating group) is 1. The van der Waals surface area contributed by atoms with Crippen LogP contribution in [0.2, 0.25) is 0 Å². The van der Waals surface area contributed by atoms with Crippen molar-refractivity contribution in [2.75, 3.05) is 13.6 Å². The fourth-order valence-electron chi connectivity index (χ4n) is 3.65. The molecular weight excluding hydrogens is 382 g/mol. The van der Waals surface area contributed by atoms with Gasteiger partial charge in [-0.05, 0) is 5.41 Å².